The third-order valence-electron chi connectivity index (χ3n) is 2.86. The molecule has 0 radical (unpaired) electrons. The number of aryl methyl sites for hydroxylation is 1. The summed E-state index contributed by atoms with van der Waals surface area (Å²) in [6.07, 6.45) is 0. The van der Waals surface area contributed by atoms with Crippen molar-refractivity contribution >= 4 is 22.4 Å². The van der Waals surface area contributed by atoms with E-state index in [1.165, 1.54) is 11.3 Å². The van der Waals surface area contributed by atoms with Gasteiger partial charge in [0.25, 0.3) is 5.91 Å². The highest BCUT2D eigenvalue weighted by atomic mass is 32.1. The van der Waals surface area contributed by atoms with Crippen LogP contribution in [-0.2, 0) is 6.54 Å². The second kappa shape index (κ2) is 5.72. The van der Waals surface area contributed by atoms with Gasteiger partial charge in [-0.25, -0.2) is 4.98 Å². The molecule has 5 nitrogen and oxygen atoms in total. The number of anilines is 1. The molecule has 0 aliphatic heterocycles. The first kappa shape index (κ1) is 14.0. The molecule has 0 saturated carbocycles. The topological polar surface area (TPSA) is 83.0 Å². The number of hydrogen-bond acceptors (Lipinski definition) is 5. The molecule has 0 fully saturated rings. The number of nitriles is 1. The summed E-state index contributed by atoms with van der Waals surface area (Å²) in [5.74, 6) is -0.0962. The quantitative estimate of drug-likeness (QED) is 0.937. The normalized spacial score (nSPS) is 10.1. The SMILES string of the molecule is Cc1nc(N)sc1C(=O)N(C)Cc1ccc(C#N)cc1. The van der Waals surface area contributed by atoms with Crippen molar-refractivity contribution in [1.82, 2.24) is 9.88 Å². The fourth-order valence-electron chi connectivity index (χ4n) is 1.82. The molecule has 2 rings (SSSR count). The predicted molar refractivity (Wildman–Crippen MR) is 78.2 cm³/mol. The van der Waals surface area contributed by atoms with E-state index < -0.39 is 0 Å². The Hall–Kier alpha value is -2.39. The molecule has 2 N–H and O–H groups in total. The molecular formula is C14H14N4OS. The molecule has 0 bridgehead atoms. The minimum Gasteiger partial charge on any atom is -0.375 e. The second-order valence-corrected chi connectivity index (χ2v) is 5.47. The Bertz CT molecular complexity index is 669. The van der Waals surface area contributed by atoms with Crippen molar-refractivity contribution in [3.05, 3.63) is 46.0 Å². The zero-order valence-corrected chi connectivity index (χ0v) is 12.1. The monoisotopic (exact) mass is 286 g/mol. The molecular weight excluding hydrogens is 272 g/mol. The molecule has 2 aromatic rings. The molecule has 6 heteroatoms. The molecule has 0 saturated heterocycles. The lowest BCUT2D eigenvalue weighted by Gasteiger charge is -2.16. The van der Waals surface area contributed by atoms with Crippen LogP contribution in [0.5, 0.6) is 0 Å². The average molecular weight is 286 g/mol. The molecule has 1 aromatic carbocycles. The molecule has 20 heavy (non-hydrogen) atoms. The second-order valence-electron chi connectivity index (χ2n) is 4.44. The lowest BCUT2D eigenvalue weighted by molar-refractivity contribution is 0.0789. The molecule has 1 amide bonds. The van der Waals surface area contributed by atoms with Crippen LogP contribution in [0, 0.1) is 18.3 Å². The fourth-order valence-corrected chi connectivity index (χ4v) is 2.65. The van der Waals surface area contributed by atoms with Crippen LogP contribution < -0.4 is 5.73 Å². The lowest BCUT2D eigenvalue weighted by Crippen LogP contribution is -2.26. The van der Waals surface area contributed by atoms with Crippen molar-refractivity contribution in [1.29, 1.82) is 5.26 Å². The third-order valence-corrected chi connectivity index (χ3v) is 3.83. The highest BCUT2D eigenvalue weighted by Gasteiger charge is 2.18. The van der Waals surface area contributed by atoms with Gasteiger partial charge in [-0.15, -0.1) is 0 Å². The summed E-state index contributed by atoms with van der Waals surface area (Å²) >= 11 is 1.20. The summed E-state index contributed by atoms with van der Waals surface area (Å²) in [4.78, 5) is 18.5. The van der Waals surface area contributed by atoms with E-state index in [1.54, 1.807) is 31.0 Å². The van der Waals surface area contributed by atoms with E-state index in [0.717, 1.165) is 5.56 Å². The summed E-state index contributed by atoms with van der Waals surface area (Å²) in [7, 11) is 1.73. The van der Waals surface area contributed by atoms with Crippen LogP contribution in [0.2, 0.25) is 0 Å². The van der Waals surface area contributed by atoms with Gasteiger partial charge in [0.2, 0.25) is 0 Å². The van der Waals surface area contributed by atoms with E-state index in [2.05, 4.69) is 11.1 Å². The first-order valence-electron chi connectivity index (χ1n) is 5.98. The molecule has 0 spiro atoms. The Morgan fingerprint density at radius 2 is 2.10 bits per heavy atom. The van der Waals surface area contributed by atoms with Crippen LogP contribution in [0.15, 0.2) is 24.3 Å². The number of aromatic nitrogens is 1. The molecule has 0 aliphatic rings. The maximum absolute atomic E-state index is 12.3. The highest BCUT2D eigenvalue weighted by Crippen LogP contribution is 2.21. The number of nitrogens with zero attached hydrogens (tertiary/aromatic N) is 3. The molecule has 1 aromatic heterocycles. The summed E-state index contributed by atoms with van der Waals surface area (Å²) < 4.78 is 0. The van der Waals surface area contributed by atoms with Gasteiger partial charge in [-0.2, -0.15) is 5.26 Å². The third kappa shape index (κ3) is 2.95. The van der Waals surface area contributed by atoms with E-state index in [4.69, 9.17) is 11.0 Å². The van der Waals surface area contributed by atoms with Crippen molar-refractivity contribution in [3.8, 4) is 6.07 Å². The van der Waals surface area contributed by atoms with Gasteiger partial charge in [-0.05, 0) is 24.6 Å². The number of nitrogens with two attached hydrogens (primary N) is 1. The van der Waals surface area contributed by atoms with Crippen LogP contribution in [0.1, 0.15) is 26.5 Å². The van der Waals surface area contributed by atoms with Crippen molar-refractivity contribution in [2.45, 2.75) is 13.5 Å². The van der Waals surface area contributed by atoms with Gasteiger partial charge in [-0.3, -0.25) is 4.79 Å². The van der Waals surface area contributed by atoms with Crippen molar-refractivity contribution in [2.24, 2.45) is 0 Å². The number of rotatable bonds is 3. The van der Waals surface area contributed by atoms with E-state index in [-0.39, 0.29) is 5.91 Å². The van der Waals surface area contributed by atoms with Gasteiger partial charge in [-0.1, -0.05) is 23.5 Å². The van der Waals surface area contributed by atoms with E-state index in [1.807, 2.05) is 12.1 Å². The summed E-state index contributed by atoms with van der Waals surface area (Å²) in [5.41, 5.74) is 7.84. The Morgan fingerprint density at radius 3 is 2.60 bits per heavy atom. The number of carbonyl (C=O) groups excluding carboxylic acids is 1. The standard InChI is InChI=1S/C14H14N4OS/c1-9-12(20-14(16)17-9)13(19)18(2)8-11-5-3-10(7-15)4-6-11/h3-6H,8H2,1-2H3,(H2,16,17). The number of benzene rings is 1. The Balaban J connectivity index is 2.11. The minimum atomic E-state index is -0.0962. The van der Waals surface area contributed by atoms with Crippen LogP contribution >= 0.6 is 11.3 Å². The summed E-state index contributed by atoms with van der Waals surface area (Å²) in [5, 5.41) is 9.15. The van der Waals surface area contributed by atoms with Gasteiger partial charge in [0.15, 0.2) is 5.13 Å². The van der Waals surface area contributed by atoms with E-state index >= 15 is 0 Å². The smallest absolute Gasteiger partial charge is 0.265 e. The maximum atomic E-state index is 12.3. The summed E-state index contributed by atoms with van der Waals surface area (Å²) in [6, 6.07) is 9.23. The van der Waals surface area contributed by atoms with Crippen LogP contribution in [0.3, 0.4) is 0 Å². The average Bonchev–Trinajstić information content (AvgIpc) is 2.77. The Kier molecular flexibility index (Phi) is 4.01. The zero-order valence-electron chi connectivity index (χ0n) is 11.3. The van der Waals surface area contributed by atoms with Crippen LogP contribution in [0.4, 0.5) is 5.13 Å². The van der Waals surface area contributed by atoms with Crippen molar-refractivity contribution in [3.63, 3.8) is 0 Å². The van der Waals surface area contributed by atoms with Crippen molar-refractivity contribution in [2.75, 3.05) is 12.8 Å². The number of nitrogen functional groups attached to an aromatic ring is 1. The van der Waals surface area contributed by atoms with Crippen molar-refractivity contribution < 1.29 is 4.79 Å². The number of hydrogen-bond donors (Lipinski definition) is 1. The Labute approximate surface area is 121 Å². The molecule has 0 unspecified atom stereocenters. The largest absolute Gasteiger partial charge is 0.375 e. The maximum Gasteiger partial charge on any atom is 0.265 e. The van der Waals surface area contributed by atoms with Crippen LogP contribution in [-0.4, -0.2) is 22.8 Å². The van der Waals surface area contributed by atoms with E-state index in [9.17, 15) is 4.79 Å². The Morgan fingerprint density at radius 1 is 1.45 bits per heavy atom. The molecule has 1 heterocycles. The van der Waals surface area contributed by atoms with Crippen LogP contribution in [0.25, 0.3) is 0 Å². The number of amides is 1. The highest BCUT2D eigenvalue weighted by molar-refractivity contribution is 7.17. The zero-order chi connectivity index (χ0) is 14.7. The molecule has 0 aliphatic carbocycles. The fraction of sp³-hybridized carbons (Fsp3) is 0.214. The van der Waals surface area contributed by atoms with E-state index in [0.29, 0.717) is 27.8 Å². The van der Waals surface area contributed by atoms with Gasteiger partial charge in [0, 0.05) is 13.6 Å². The minimum absolute atomic E-state index is 0.0962. The summed E-state index contributed by atoms with van der Waals surface area (Å²) in [6.45, 7) is 2.25. The molecule has 0 atom stereocenters. The lowest BCUT2D eigenvalue weighted by atomic mass is 10.1. The van der Waals surface area contributed by atoms with Gasteiger partial charge < -0.3 is 10.6 Å². The van der Waals surface area contributed by atoms with Gasteiger partial charge in [0.05, 0.1) is 17.3 Å². The van der Waals surface area contributed by atoms with Gasteiger partial charge >= 0.3 is 0 Å². The first-order chi connectivity index (χ1) is 9.51. The number of thiazole rings is 1. The van der Waals surface area contributed by atoms with Gasteiger partial charge in [0.1, 0.15) is 4.88 Å². The first-order valence-corrected chi connectivity index (χ1v) is 6.80. The molecule has 102 valence electrons. The number of carbonyl (C=O) groups is 1. The predicted octanol–water partition coefficient (Wildman–Crippen LogP) is 2.18.